The molecule has 1 heterocycles. The van der Waals surface area contributed by atoms with Crippen molar-refractivity contribution in [3.05, 3.63) is 78.4 Å². The van der Waals surface area contributed by atoms with Crippen LogP contribution in [-0.4, -0.2) is 59.5 Å². The summed E-state index contributed by atoms with van der Waals surface area (Å²) in [6.45, 7) is 0.618. The number of hydrogen-bond donors (Lipinski definition) is 5. The Hall–Kier alpha value is -4.46. The number of benzene rings is 3. The number of hydrogen-bond acceptors (Lipinski definition) is 8. The van der Waals surface area contributed by atoms with E-state index < -0.39 is 16.1 Å². The molecular weight excluding hydrogens is 604 g/mol. The first kappa shape index (κ1) is 31.5. The molecule has 3 aromatic carbocycles. The Labute approximate surface area is 268 Å². The highest BCUT2D eigenvalue weighted by Gasteiger charge is 2.30. The minimum Gasteiger partial charge on any atom is -0.344 e. The molecule has 2 fully saturated rings. The number of nitrogens with two attached hydrogens (primary N) is 1. The second-order valence-electron chi connectivity index (χ2n) is 12.1. The van der Waals surface area contributed by atoms with Gasteiger partial charge in [0.05, 0.1) is 4.90 Å². The van der Waals surface area contributed by atoms with E-state index in [9.17, 15) is 18.0 Å². The van der Waals surface area contributed by atoms with E-state index in [1.54, 1.807) is 42.5 Å². The molecule has 6 rings (SSSR count). The average molecular weight is 643 g/mol. The SMILES string of the molecule is NCC1CCC(C(=O)N[C@@H](Cc2cccc(-c3cccc(S(=O)(=O)NC4CC4)c3)c2)C(=O)Nc2ccc(-c3nn[nH]n3)cc2)CC1. The zero-order valence-corrected chi connectivity index (χ0v) is 26.2. The van der Waals surface area contributed by atoms with Gasteiger partial charge in [-0.2, -0.15) is 5.21 Å². The van der Waals surface area contributed by atoms with Crippen LogP contribution in [0.1, 0.15) is 44.1 Å². The van der Waals surface area contributed by atoms with Crippen molar-refractivity contribution in [2.75, 3.05) is 11.9 Å². The van der Waals surface area contributed by atoms with Crippen LogP contribution in [0.25, 0.3) is 22.5 Å². The van der Waals surface area contributed by atoms with Gasteiger partial charge < -0.3 is 16.4 Å². The molecule has 1 atom stereocenters. The second kappa shape index (κ2) is 13.9. The smallest absolute Gasteiger partial charge is 0.247 e. The number of aromatic amines is 1. The molecule has 12 nitrogen and oxygen atoms in total. The van der Waals surface area contributed by atoms with Gasteiger partial charge in [-0.3, -0.25) is 9.59 Å². The monoisotopic (exact) mass is 642 g/mol. The molecule has 0 unspecified atom stereocenters. The number of carbonyl (C=O) groups is 2. The van der Waals surface area contributed by atoms with Crippen molar-refractivity contribution in [1.82, 2.24) is 30.7 Å². The summed E-state index contributed by atoms with van der Waals surface area (Å²) in [5.41, 5.74) is 9.52. The third-order valence-electron chi connectivity index (χ3n) is 8.68. The van der Waals surface area contributed by atoms with Gasteiger partial charge in [-0.15, -0.1) is 10.2 Å². The molecule has 2 saturated carbocycles. The van der Waals surface area contributed by atoms with Crippen LogP contribution >= 0.6 is 0 Å². The number of carbonyl (C=O) groups excluding carboxylic acids is 2. The van der Waals surface area contributed by atoms with Crippen molar-refractivity contribution in [2.45, 2.75) is 61.9 Å². The fourth-order valence-electron chi connectivity index (χ4n) is 5.82. The first-order valence-corrected chi connectivity index (χ1v) is 17.1. The lowest BCUT2D eigenvalue weighted by molar-refractivity contribution is -0.130. The molecule has 2 aliphatic carbocycles. The zero-order valence-electron chi connectivity index (χ0n) is 25.4. The summed E-state index contributed by atoms with van der Waals surface area (Å²) in [6.07, 6.45) is 5.22. The average Bonchev–Trinajstić information content (AvgIpc) is 3.71. The van der Waals surface area contributed by atoms with E-state index in [1.807, 2.05) is 30.3 Å². The molecule has 6 N–H and O–H groups in total. The van der Waals surface area contributed by atoms with Crippen LogP contribution in [-0.2, 0) is 26.0 Å². The minimum absolute atomic E-state index is 0.00868. The number of nitrogens with one attached hydrogen (secondary N) is 4. The van der Waals surface area contributed by atoms with Crippen LogP contribution in [0, 0.1) is 11.8 Å². The standard InChI is InChI=1S/C33H38N8O4S/c34-20-21-7-9-24(10-8-21)32(42)36-30(33(43)35-27-13-11-23(12-14-27)31-37-40-41-38-31)18-22-3-1-4-25(17-22)26-5-2-6-29(19-26)46(44,45)39-28-15-16-28/h1-6,11-14,17,19,21,24,28,30,39H,7-10,15-16,18,20,34H2,(H,35,43)(H,36,42)(H,37,38,40,41)/t21?,24?,30-/m0/s1. The maximum atomic E-state index is 13.7. The van der Waals surface area contributed by atoms with E-state index in [1.165, 1.54) is 0 Å². The van der Waals surface area contributed by atoms with Crippen molar-refractivity contribution in [3.63, 3.8) is 0 Å². The van der Waals surface area contributed by atoms with Gasteiger partial charge in [-0.25, -0.2) is 13.1 Å². The first-order chi connectivity index (χ1) is 22.3. The van der Waals surface area contributed by atoms with Gasteiger partial charge in [-0.1, -0.05) is 36.4 Å². The fourth-order valence-corrected chi connectivity index (χ4v) is 7.17. The lowest BCUT2D eigenvalue weighted by atomic mass is 9.81. The van der Waals surface area contributed by atoms with E-state index in [4.69, 9.17) is 5.73 Å². The highest BCUT2D eigenvalue weighted by atomic mass is 32.2. The number of nitrogens with zero attached hydrogens (tertiary/aromatic N) is 3. The summed E-state index contributed by atoms with van der Waals surface area (Å²) in [6, 6.07) is 20.6. The molecule has 0 bridgehead atoms. The molecule has 0 aliphatic heterocycles. The second-order valence-corrected chi connectivity index (χ2v) is 13.9. The molecule has 13 heteroatoms. The minimum atomic E-state index is -3.61. The predicted octanol–water partition coefficient (Wildman–Crippen LogP) is 3.41. The lowest BCUT2D eigenvalue weighted by Crippen LogP contribution is -2.48. The normalized spacial score (nSPS) is 18.9. The van der Waals surface area contributed by atoms with Gasteiger partial charge in [0.2, 0.25) is 27.7 Å². The molecule has 2 amide bonds. The Balaban J connectivity index is 1.20. The predicted molar refractivity (Wildman–Crippen MR) is 174 cm³/mol. The molecule has 0 spiro atoms. The van der Waals surface area contributed by atoms with Gasteiger partial charge in [0, 0.05) is 29.6 Å². The Bertz CT molecular complexity index is 1770. The number of aromatic nitrogens is 4. The van der Waals surface area contributed by atoms with Gasteiger partial charge in [0.1, 0.15) is 6.04 Å². The summed E-state index contributed by atoms with van der Waals surface area (Å²) in [7, 11) is -3.61. The van der Waals surface area contributed by atoms with E-state index in [2.05, 4.69) is 36.0 Å². The van der Waals surface area contributed by atoms with Crippen molar-refractivity contribution < 1.29 is 18.0 Å². The summed E-state index contributed by atoms with van der Waals surface area (Å²) < 4.78 is 28.4. The van der Waals surface area contributed by atoms with Crippen molar-refractivity contribution in [3.8, 4) is 22.5 Å². The van der Waals surface area contributed by atoms with Crippen molar-refractivity contribution >= 4 is 27.5 Å². The van der Waals surface area contributed by atoms with E-state index in [0.717, 1.165) is 60.8 Å². The summed E-state index contributed by atoms with van der Waals surface area (Å²) in [4.78, 5) is 27.3. The van der Waals surface area contributed by atoms with E-state index in [-0.39, 0.29) is 35.1 Å². The fraction of sp³-hybridized carbons (Fsp3) is 0.364. The largest absolute Gasteiger partial charge is 0.344 e. The van der Waals surface area contributed by atoms with Crippen molar-refractivity contribution in [1.29, 1.82) is 0 Å². The maximum Gasteiger partial charge on any atom is 0.247 e. The first-order valence-electron chi connectivity index (χ1n) is 15.6. The van der Waals surface area contributed by atoms with Crippen LogP contribution in [0.15, 0.2) is 77.7 Å². The quantitative estimate of drug-likeness (QED) is 0.156. The van der Waals surface area contributed by atoms with E-state index in [0.29, 0.717) is 24.0 Å². The van der Waals surface area contributed by atoms with E-state index >= 15 is 0 Å². The number of rotatable bonds is 12. The molecule has 46 heavy (non-hydrogen) atoms. The topological polar surface area (TPSA) is 185 Å². The Morgan fingerprint density at radius 2 is 1.61 bits per heavy atom. The van der Waals surface area contributed by atoms with Crippen molar-refractivity contribution in [2.24, 2.45) is 17.6 Å². The van der Waals surface area contributed by atoms with Crippen LogP contribution in [0.5, 0.6) is 0 Å². The Kier molecular flexibility index (Phi) is 9.52. The summed E-state index contributed by atoms with van der Waals surface area (Å²) >= 11 is 0. The van der Waals surface area contributed by atoms with Gasteiger partial charge >= 0.3 is 0 Å². The molecule has 0 radical (unpaired) electrons. The molecule has 240 valence electrons. The van der Waals surface area contributed by atoms with Crippen LogP contribution in [0.4, 0.5) is 5.69 Å². The summed E-state index contributed by atoms with van der Waals surface area (Å²) in [5, 5.41) is 19.9. The van der Waals surface area contributed by atoms with Gasteiger partial charge in [-0.05, 0) is 109 Å². The van der Waals surface area contributed by atoms with Gasteiger partial charge in [0.25, 0.3) is 0 Å². The van der Waals surface area contributed by atoms with Crippen LogP contribution in [0.3, 0.4) is 0 Å². The molecule has 4 aromatic rings. The molecule has 0 saturated heterocycles. The number of H-pyrrole nitrogens is 1. The van der Waals surface area contributed by atoms with Crippen LogP contribution < -0.4 is 21.1 Å². The molecule has 2 aliphatic rings. The van der Waals surface area contributed by atoms with Crippen LogP contribution in [0.2, 0.25) is 0 Å². The highest BCUT2D eigenvalue weighted by Crippen LogP contribution is 2.29. The number of sulfonamides is 1. The molecular formula is C33H38N8O4S. The third kappa shape index (κ3) is 7.84. The number of anilines is 1. The lowest BCUT2D eigenvalue weighted by Gasteiger charge is -2.28. The maximum absolute atomic E-state index is 13.7. The Morgan fingerprint density at radius 1 is 0.891 bits per heavy atom. The third-order valence-corrected chi connectivity index (χ3v) is 10.2. The van der Waals surface area contributed by atoms with Gasteiger partial charge in [0.15, 0.2) is 0 Å². The highest BCUT2D eigenvalue weighted by molar-refractivity contribution is 7.89. The summed E-state index contributed by atoms with van der Waals surface area (Å²) in [5.74, 6) is 0.211. The zero-order chi connectivity index (χ0) is 32.1. The Morgan fingerprint density at radius 3 is 2.28 bits per heavy atom. The number of tetrazole rings is 1. The number of amides is 2. The molecule has 1 aromatic heterocycles.